The highest BCUT2D eigenvalue weighted by Gasteiger charge is 2.41. The van der Waals surface area contributed by atoms with Gasteiger partial charge in [-0.3, -0.25) is 10.1 Å². The van der Waals surface area contributed by atoms with Crippen LogP contribution in [0.3, 0.4) is 0 Å². The third-order valence-electron chi connectivity index (χ3n) is 4.63. The van der Waals surface area contributed by atoms with E-state index in [1.165, 1.54) is 0 Å². The number of alkyl halides is 2. The van der Waals surface area contributed by atoms with Crippen LogP contribution in [0, 0.1) is 0 Å². The average Bonchev–Trinajstić information content (AvgIpc) is 3.11. The molecule has 1 amide bonds. The van der Waals surface area contributed by atoms with Gasteiger partial charge in [-0.25, -0.2) is 8.78 Å². The minimum Gasteiger partial charge on any atom is -0.497 e. The Morgan fingerprint density at radius 1 is 1.20 bits per heavy atom. The second-order valence-electron chi connectivity index (χ2n) is 6.07. The second kappa shape index (κ2) is 7.43. The van der Waals surface area contributed by atoms with E-state index in [-0.39, 0.29) is 11.0 Å². The smallest absolute Gasteiger partial charge is 0.291 e. The zero-order valence-electron chi connectivity index (χ0n) is 13.8. The minimum absolute atomic E-state index is 0.110. The molecule has 134 valence electrons. The quantitative estimate of drug-likeness (QED) is 0.855. The summed E-state index contributed by atoms with van der Waals surface area (Å²) in [6, 6.07) is 7.46. The number of hydrogen-bond donors (Lipinski definition) is 1. The summed E-state index contributed by atoms with van der Waals surface area (Å²) in [7, 11) is 1.59. The summed E-state index contributed by atoms with van der Waals surface area (Å²) in [5, 5.41) is 9.50. The fraction of sp³-hybridized carbons (Fsp3) is 0.471. The molecule has 5 nitrogen and oxygen atoms in total. The Kier molecular flexibility index (Phi) is 5.27. The van der Waals surface area contributed by atoms with E-state index in [9.17, 15) is 13.6 Å². The molecular weight excluding hydrogens is 348 g/mol. The van der Waals surface area contributed by atoms with Crippen molar-refractivity contribution in [3.63, 3.8) is 0 Å². The van der Waals surface area contributed by atoms with Gasteiger partial charge < -0.3 is 4.74 Å². The maximum absolute atomic E-state index is 13.0. The lowest BCUT2D eigenvalue weighted by atomic mass is 9.68. The van der Waals surface area contributed by atoms with Crippen molar-refractivity contribution in [1.29, 1.82) is 0 Å². The van der Waals surface area contributed by atoms with Crippen LogP contribution in [0.5, 0.6) is 5.75 Å². The molecule has 0 atom stereocenters. The van der Waals surface area contributed by atoms with Crippen molar-refractivity contribution in [1.82, 2.24) is 10.2 Å². The van der Waals surface area contributed by atoms with Crippen molar-refractivity contribution < 1.29 is 18.3 Å². The lowest BCUT2D eigenvalue weighted by Gasteiger charge is -2.36. The molecule has 1 aliphatic rings. The van der Waals surface area contributed by atoms with Gasteiger partial charge in [0.1, 0.15) is 5.75 Å². The van der Waals surface area contributed by atoms with Gasteiger partial charge in [0, 0.05) is 0 Å². The number of nitrogens with zero attached hydrogens (tertiary/aromatic N) is 2. The Morgan fingerprint density at radius 2 is 1.88 bits per heavy atom. The second-order valence-corrected chi connectivity index (χ2v) is 7.08. The molecule has 1 fully saturated rings. The van der Waals surface area contributed by atoms with Crippen molar-refractivity contribution in [2.75, 3.05) is 12.4 Å². The normalized spacial score (nSPS) is 16.6. The summed E-state index contributed by atoms with van der Waals surface area (Å²) in [6.07, 6.45) is 1.71. The van der Waals surface area contributed by atoms with Crippen LogP contribution >= 0.6 is 11.3 Å². The SMILES string of the molecule is COc1ccc(C2(C(=O)Nc3nnc(C(F)F)s3)CCCCC2)cc1. The number of nitrogens with one attached hydrogen (secondary N) is 1. The van der Waals surface area contributed by atoms with Crippen LogP contribution < -0.4 is 10.1 Å². The summed E-state index contributed by atoms with van der Waals surface area (Å²) in [5.74, 6) is 0.509. The number of carbonyl (C=O) groups excluding carboxylic acids is 1. The number of carbonyl (C=O) groups is 1. The maximum Gasteiger partial charge on any atom is 0.291 e. The average molecular weight is 367 g/mol. The van der Waals surface area contributed by atoms with E-state index < -0.39 is 16.8 Å². The van der Waals surface area contributed by atoms with Crippen LogP contribution in [0.25, 0.3) is 0 Å². The van der Waals surface area contributed by atoms with Gasteiger partial charge in [0.05, 0.1) is 12.5 Å². The van der Waals surface area contributed by atoms with Gasteiger partial charge in [-0.1, -0.05) is 42.7 Å². The molecule has 0 bridgehead atoms. The van der Waals surface area contributed by atoms with Crippen molar-refractivity contribution >= 4 is 22.4 Å². The third-order valence-corrected chi connectivity index (χ3v) is 5.48. The van der Waals surface area contributed by atoms with Crippen LogP contribution in [0.2, 0.25) is 0 Å². The standard InChI is InChI=1S/C17H19F2N3O2S/c1-24-12-7-5-11(6-8-12)17(9-3-2-4-10-17)15(23)20-16-22-21-14(25-16)13(18)19/h5-8,13H,2-4,9-10H2,1H3,(H,20,22,23). The molecule has 1 N–H and O–H groups in total. The highest BCUT2D eigenvalue weighted by molar-refractivity contribution is 7.15. The zero-order chi connectivity index (χ0) is 17.9. The van der Waals surface area contributed by atoms with Gasteiger partial charge in [0.15, 0.2) is 5.01 Å². The Balaban J connectivity index is 1.86. The van der Waals surface area contributed by atoms with Crippen molar-refractivity contribution in [3.05, 3.63) is 34.8 Å². The van der Waals surface area contributed by atoms with E-state index in [1.807, 2.05) is 24.3 Å². The van der Waals surface area contributed by atoms with Crippen LogP contribution in [0.4, 0.5) is 13.9 Å². The number of rotatable bonds is 5. The first-order chi connectivity index (χ1) is 12.0. The van der Waals surface area contributed by atoms with E-state index in [0.717, 1.165) is 30.6 Å². The van der Waals surface area contributed by atoms with E-state index >= 15 is 0 Å². The molecule has 0 spiro atoms. The fourth-order valence-electron chi connectivity index (χ4n) is 3.30. The number of hydrogen-bond acceptors (Lipinski definition) is 5. The lowest BCUT2D eigenvalue weighted by Crippen LogP contribution is -2.42. The van der Waals surface area contributed by atoms with E-state index in [1.54, 1.807) is 7.11 Å². The van der Waals surface area contributed by atoms with Gasteiger partial charge in [0.2, 0.25) is 11.0 Å². The van der Waals surface area contributed by atoms with Crippen LogP contribution in [-0.4, -0.2) is 23.2 Å². The summed E-state index contributed by atoms with van der Waals surface area (Å²) < 4.78 is 30.5. The monoisotopic (exact) mass is 367 g/mol. The molecule has 8 heteroatoms. The van der Waals surface area contributed by atoms with Crippen LogP contribution in [0.15, 0.2) is 24.3 Å². The largest absolute Gasteiger partial charge is 0.497 e. The fourth-order valence-corrected chi connectivity index (χ4v) is 3.90. The maximum atomic E-state index is 13.0. The Bertz CT molecular complexity index is 728. The molecule has 1 saturated carbocycles. The van der Waals surface area contributed by atoms with Gasteiger partial charge in [-0.2, -0.15) is 0 Å². The molecule has 3 rings (SSSR count). The van der Waals surface area contributed by atoms with Gasteiger partial charge >= 0.3 is 0 Å². The number of methoxy groups -OCH3 is 1. The number of benzene rings is 1. The zero-order valence-corrected chi connectivity index (χ0v) is 14.6. The van der Waals surface area contributed by atoms with Crippen LogP contribution in [0.1, 0.15) is 49.1 Å². The predicted octanol–water partition coefficient (Wildman–Crippen LogP) is 4.32. The molecule has 1 aromatic carbocycles. The van der Waals surface area contributed by atoms with Crippen LogP contribution in [-0.2, 0) is 10.2 Å². The summed E-state index contributed by atoms with van der Waals surface area (Å²) >= 11 is 0.709. The Morgan fingerprint density at radius 3 is 2.44 bits per heavy atom. The number of ether oxygens (including phenoxy) is 1. The molecule has 0 aliphatic heterocycles. The number of aromatic nitrogens is 2. The van der Waals surface area contributed by atoms with Gasteiger partial charge in [0.25, 0.3) is 6.43 Å². The molecule has 0 unspecified atom stereocenters. The van der Waals surface area contributed by atoms with Gasteiger partial charge in [-0.15, -0.1) is 10.2 Å². The molecule has 2 aromatic rings. The summed E-state index contributed by atoms with van der Waals surface area (Å²) in [5.41, 5.74) is 0.227. The Hall–Kier alpha value is -2.09. The molecular formula is C17H19F2N3O2S. The first-order valence-electron chi connectivity index (χ1n) is 8.13. The molecule has 0 radical (unpaired) electrons. The van der Waals surface area contributed by atoms with Crippen molar-refractivity contribution in [2.24, 2.45) is 0 Å². The lowest BCUT2D eigenvalue weighted by molar-refractivity contribution is -0.122. The topological polar surface area (TPSA) is 64.1 Å². The number of anilines is 1. The molecule has 25 heavy (non-hydrogen) atoms. The summed E-state index contributed by atoms with van der Waals surface area (Å²) in [4.78, 5) is 13.0. The van der Waals surface area contributed by atoms with E-state index in [2.05, 4.69) is 15.5 Å². The summed E-state index contributed by atoms with van der Waals surface area (Å²) in [6.45, 7) is 0. The molecule has 1 heterocycles. The highest BCUT2D eigenvalue weighted by atomic mass is 32.1. The minimum atomic E-state index is -2.69. The van der Waals surface area contributed by atoms with Crippen molar-refractivity contribution in [2.45, 2.75) is 43.9 Å². The van der Waals surface area contributed by atoms with E-state index in [4.69, 9.17) is 4.74 Å². The predicted molar refractivity (Wildman–Crippen MR) is 91.3 cm³/mol. The number of amides is 1. The van der Waals surface area contributed by atoms with E-state index in [0.29, 0.717) is 24.2 Å². The van der Waals surface area contributed by atoms with Crippen molar-refractivity contribution in [3.8, 4) is 5.75 Å². The Labute approximate surface area is 148 Å². The highest BCUT2D eigenvalue weighted by Crippen LogP contribution is 2.41. The third kappa shape index (κ3) is 3.63. The first kappa shape index (κ1) is 17.7. The molecule has 1 aliphatic carbocycles. The van der Waals surface area contributed by atoms with Gasteiger partial charge in [-0.05, 0) is 30.5 Å². The molecule has 0 saturated heterocycles. The first-order valence-corrected chi connectivity index (χ1v) is 8.94. The number of halogens is 2. The molecule has 1 aromatic heterocycles.